The summed E-state index contributed by atoms with van der Waals surface area (Å²) in [6.45, 7) is 0. The number of benzene rings is 1. The van der Waals surface area contributed by atoms with Gasteiger partial charge in [0.05, 0.1) is 12.7 Å². The molecule has 112 valence electrons. The molecule has 20 heavy (non-hydrogen) atoms. The smallest absolute Gasteiger partial charge is 0.255 e. The molecule has 0 aliphatic heterocycles. The molecule has 0 bridgehead atoms. The van der Waals surface area contributed by atoms with E-state index < -0.39 is 0 Å². The zero-order valence-corrected chi connectivity index (χ0v) is 13.0. The van der Waals surface area contributed by atoms with E-state index in [0.29, 0.717) is 16.3 Å². The molecule has 1 amide bonds. The second-order valence-corrected chi connectivity index (χ2v) is 5.37. The zero-order valence-electron chi connectivity index (χ0n) is 11.4. The van der Waals surface area contributed by atoms with Gasteiger partial charge in [-0.2, -0.15) is 0 Å². The van der Waals surface area contributed by atoms with Gasteiger partial charge in [-0.25, -0.2) is 0 Å². The summed E-state index contributed by atoms with van der Waals surface area (Å²) in [6.07, 6.45) is 3.79. The molecule has 0 radical (unpaired) electrons. The fraction of sp³-hybridized carbons (Fsp3) is 0.500. The first-order chi connectivity index (χ1) is 9.10. The number of carbonyl (C=O) groups is 1. The maximum Gasteiger partial charge on any atom is 0.255 e. The lowest BCUT2D eigenvalue weighted by Gasteiger charge is -2.27. The first-order valence-electron chi connectivity index (χ1n) is 6.50. The van der Waals surface area contributed by atoms with Gasteiger partial charge in [-0.05, 0) is 43.9 Å². The van der Waals surface area contributed by atoms with Crippen LogP contribution in [0, 0.1) is 0 Å². The number of halogens is 2. The minimum atomic E-state index is -0.117. The van der Waals surface area contributed by atoms with Crippen LogP contribution < -0.4 is 15.8 Å². The fourth-order valence-corrected chi connectivity index (χ4v) is 2.54. The molecule has 1 aromatic rings. The molecule has 1 saturated carbocycles. The van der Waals surface area contributed by atoms with E-state index in [-0.39, 0.29) is 30.4 Å². The van der Waals surface area contributed by atoms with Crippen LogP contribution in [-0.2, 0) is 0 Å². The van der Waals surface area contributed by atoms with E-state index in [0.717, 1.165) is 25.7 Å². The Balaban J connectivity index is 0.00000200. The van der Waals surface area contributed by atoms with E-state index in [1.807, 2.05) is 0 Å². The maximum absolute atomic E-state index is 12.2. The molecule has 0 spiro atoms. The molecule has 1 aliphatic carbocycles. The largest absolute Gasteiger partial charge is 0.496 e. The van der Waals surface area contributed by atoms with E-state index in [4.69, 9.17) is 22.1 Å². The van der Waals surface area contributed by atoms with Crippen LogP contribution in [0.25, 0.3) is 0 Å². The van der Waals surface area contributed by atoms with Crippen LogP contribution in [0.4, 0.5) is 0 Å². The SMILES string of the molecule is COc1cc(Cl)ccc1C(=O)NC1CCC(N)CC1.Cl. The lowest BCUT2D eigenvalue weighted by Crippen LogP contribution is -2.40. The van der Waals surface area contributed by atoms with E-state index in [1.165, 1.54) is 7.11 Å². The zero-order chi connectivity index (χ0) is 13.8. The minimum Gasteiger partial charge on any atom is -0.496 e. The van der Waals surface area contributed by atoms with Gasteiger partial charge in [-0.3, -0.25) is 4.79 Å². The van der Waals surface area contributed by atoms with Crippen LogP contribution in [0.5, 0.6) is 5.75 Å². The van der Waals surface area contributed by atoms with Crippen molar-refractivity contribution in [3.63, 3.8) is 0 Å². The van der Waals surface area contributed by atoms with Gasteiger partial charge < -0.3 is 15.8 Å². The average Bonchev–Trinajstić information content (AvgIpc) is 2.41. The molecule has 0 heterocycles. The highest BCUT2D eigenvalue weighted by Crippen LogP contribution is 2.24. The summed E-state index contributed by atoms with van der Waals surface area (Å²) in [4.78, 5) is 12.2. The normalized spacial score (nSPS) is 21.8. The van der Waals surface area contributed by atoms with Crippen molar-refractivity contribution in [3.8, 4) is 5.75 Å². The predicted octanol–water partition coefficient (Wildman–Crippen LogP) is 2.77. The molecule has 0 saturated heterocycles. The lowest BCUT2D eigenvalue weighted by molar-refractivity contribution is 0.0923. The van der Waals surface area contributed by atoms with Gasteiger partial charge >= 0.3 is 0 Å². The Hall–Kier alpha value is -0.970. The molecule has 1 aliphatic rings. The van der Waals surface area contributed by atoms with Crippen LogP contribution in [0.2, 0.25) is 5.02 Å². The van der Waals surface area contributed by atoms with E-state index >= 15 is 0 Å². The minimum absolute atomic E-state index is 0. The fourth-order valence-electron chi connectivity index (χ4n) is 2.38. The van der Waals surface area contributed by atoms with Crippen molar-refractivity contribution < 1.29 is 9.53 Å². The van der Waals surface area contributed by atoms with Gasteiger partial charge in [0.15, 0.2) is 0 Å². The van der Waals surface area contributed by atoms with E-state index in [9.17, 15) is 4.79 Å². The van der Waals surface area contributed by atoms with Gasteiger partial charge in [0, 0.05) is 17.1 Å². The number of carbonyl (C=O) groups excluding carboxylic acids is 1. The van der Waals surface area contributed by atoms with Crippen LogP contribution in [0.1, 0.15) is 36.0 Å². The van der Waals surface area contributed by atoms with Crippen molar-refractivity contribution in [3.05, 3.63) is 28.8 Å². The van der Waals surface area contributed by atoms with Gasteiger partial charge in [-0.15, -0.1) is 12.4 Å². The van der Waals surface area contributed by atoms with E-state index in [1.54, 1.807) is 18.2 Å². The molecule has 6 heteroatoms. The molecule has 4 nitrogen and oxygen atoms in total. The Morgan fingerprint density at radius 1 is 1.35 bits per heavy atom. The Morgan fingerprint density at radius 3 is 2.60 bits per heavy atom. The number of ether oxygens (including phenoxy) is 1. The second kappa shape index (κ2) is 7.72. The van der Waals surface area contributed by atoms with Gasteiger partial charge in [0.25, 0.3) is 5.91 Å². The Bertz CT molecular complexity index is 460. The topological polar surface area (TPSA) is 64.3 Å². The number of hydrogen-bond donors (Lipinski definition) is 2. The van der Waals surface area contributed by atoms with Crippen molar-refractivity contribution in [1.29, 1.82) is 0 Å². The molecule has 2 rings (SSSR count). The quantitative estimate of drug-likeness (QED) is 0.900. The highest BCUT2D eigenvalue weighted by Gasteiger charge is 2.21. The molecule has 0 aromatic heterocycles. The number of hydrogen-bond acceptors (Lipinski definition) is 3. The summed E-state index contributed by atoms with van der Waals surface area (Å²) in [5, 5.41) is 3.59. The predicted molar refractivity (Wildman–Crippen MR) is 82.9 cm³/mol. The third-order valence-electron chi connectivity index (χ3n) is 3.52. The molecule has 0 unspecified atom stereocenters. The standard InChI is InChI=1S/C14H19ClN2O2.ClH/c1-19-13-8-9(15)2-7-12(13)14(18)17-11-5-3-10(16)4-6-11;/h2,7-8,10-11H,3-6,16H2,1H3,(H,17,18);1H. The molecule has 1 fully saturated rings. The summed E-state index contributed by atoms with van der Waals surface area (Å²) in [5.41, 5.74) is 6.37. The van der Waals surface area contributed by atoms with Gasteiger partial charge in [0.1, 0.15) is 5.75 Å². The highest BCUT2D eigenvalue weighted by molar-refractivity contribution is 6.30. The van der Waals surface area contributed by atoms with Gasteiger partial charge in [0.2, 0.25) is 0 Å². The van der Waals surface area contributed by atoms with Crippen molar-refractivity contribution >= 4 is 29.9 Å². The molecular formula is C14H20Cl2N2O2. The number of nitrogens with two attached hydrogens (primary N) is 1. The Morgan fingerprint density at radius 2 is 2.00 bits per heavy atom. The van der Waals surface area contributed by atoms with Crippen molar-refractivity contribution in [2.24, 2.45) is 5.73 Å². The van der Waals surface area contributed by atoms with Crippen molar-refractivity contribution in [2.75, 3.05) is 7.11 Å². The number of rotatable bonds is 3. The Labute approximate surface area is 130 Å². The van der Waals surface area contributed by atoms with Crippen molar-refractivity contribution in [2.45, 2.75) is 37.8 Å². The third kappa shape index (κ3) is 4.27. The van der Waals surface area contributed by atoms with Crippen LogP contribution in [0.3, 0.4) is 0 Å². The number of amides is 1. The molecule has 3 N–H and O–H groups in total. The van der Waals surface area contributed by atoms with Crippen LogP contribution in [-0.4, -0.2) is 25.1 Å². The van der Waals surface area contributed by atoms with Crippen LogP contribution in [0.15, 0.2) is 18.2 Å². The van der Waals surface area contributed by atoms with Gasteiger partial charge in [-0.1, -0.05) is 11.6 Å². The molecule has 1 aromatic carbocycles. The number of methoxy groups -OCH3 is 1. The second-order valence-electron chi connectivity index (χ2n) is 4.93. The first kappa shape index (κ1) is 17.1. The monoisotopic (exact) mass is 318 g/mol. The summed E-state index contributed by atoms with van der Waals surface area (Å²) >= 11 is 5.88. The van der Waals surface area contributed by atoms with E-state index in [2.05, 4.69) is 5.32 Å². The average molecular weight is 319 g/mol. The molecular weight excluding hydrogens is 299 g/mol. The first-order valence-corrected chi connectivity index (χ1v) is 6.88. The highest BCUT2D eigenvalue weighted by atomic mass is 35.5. The summed E-state index contributed by atoms with van der Waals surface area (Å²) < 4.78 is 5.19. The summed E-state index contributed by atoms with van der Waals surface area (Å²) in [7, 11) is 1.53. The van der Waals surface area contributed by atoms with Crippen LogP contribution >= 0.6 is 24.0 Å². The number of nitrogens with one attached hydrogen (secondary N) is 1. The maximum atomic E-state index is 12.2. The third-order valence-corrected chi connectivity index (χ3v) is 3.75. The lowest BCUT2D eigenvalue weighted by atomic mass is 9.91. The summed E-state index contributed by atoms with van der Waals surface area (Å²) in [6, 6.07) is 5.50. The molecule has 0 atom stereocenters. The summed E-state index contributed by atoms with van der Waals surface area (Å²) in [5.74, 6) is 0.381. The van der Waals surface area contributed by atoms with Crippen molar-refractivity contribution in [1.82, 2.24) is 5.32 Å². The Kier molecular flexibility index (Phi) is 6.59.